The van der Waals surface area contributed by atoms with Gasteiger partial charge in [-0.05, 0) is 29.8 Å². The zero-order chi connectivity index (χ0) is 21.0. The van der Waals surface area contributed by atoms with E-state index in [0.717, 1.165) is 23.1 Å². The lowest BCUT2D eigenvalue weighted by molar-refractivity contribution is -0.0829. The fourth-order valence-electron chi connectivity index (χ4n) is 3.56. The number of nitrogens with one attached hydrogen (secondary N) is 1. The second-order valence-electron chi connectivity index (χ2n) is 7.08. The van der Waals surface area contributed by atoms with Gasteiger partial charge in [0.1, 0.15) is 0 Å². The summed E-state index contributed by atoms with van der Waals surface area (Å²) in [5, 5.41) is 8.57. The van der Waals surface area contributed by atoms with Crippen molar-refractivity contribution in [1.29, 1.82) is 0 Å². The fourth-order valence-corrected chi connectivity index (χ4v) is 3.56. The average Bonchev–Trinajstić information content (AvgIpc) is 3.46. The molecule has 3 heterocycles. The van der Waals surface area contributed by atoms with Crippen molar-refractivity contribution in [2.75, 3.05) is 11.9 Å². The highest BCUT2D eigenvalue weighted by Crippen LogP contribution is 2.30. The minimum absolute atomic E-state index is 0.104. The first-order valence-corrected chi connectivity index (χ1v) is 9.96. The lowest BCUT2D eigenvalue weighted by Crippen LogP contribution is -2.33. The van der Waals surface area contributed by atoms with Crippen LogP contribution in [0.2, 0.25) is 0 Å². The number of rotatable bonds is 2. The predicted octanol–water partition coefficient (Wildman–Crippen LogP) is 4.04. The van der Waals surface area contributed by atoms with Gasteiger partial charge in [-0.1, -0.05) is 48.2 Å². The van der Waals surface area contributed by atoms with Crippen LogP contribution in [0.3, 0.4) is 0 Å². The molecule has 0 bridgehead atoms. The van der Waals surface area contributed by atoms with Gasteiger partial charge >= 0.3 is 6.03 Å². The summed E-state index contributed by atoms with van der Waals surface area (Å²) in [6.45, 7) is 0.506. The van der Waals surface area contributed by atoms with Gasteiger partial charge in [-0.3, -0.25) is 4.84 Å². The molecule has 1 atom stereocenters. The van der Waals surface area contributed by atoms with Crippen molar-refractivity contribution in [1.82, 2.24) is 19.7 Å². The van der Waals surface area contributed by atoms with E-state index < -0.39 is 0 Å². The number of aromatic nitrogens is 3. The van der Waals surface area contributed by atoms with Crippen LogP contribution >= 0.6 is 0 Å². The normalized spacial score (nSPS) is 15.5. The lowest BCUT2D eigenvalue weighted by Gasteiger charge is -2.23. The molecule has 31 heavy (non-hydrogen) atoms. The molecule has 1 aliphatic rings. The second-order valence-corrected chi connectivity index (χ2v) is 7.08. The van der Waals surface area contributed by atoms with E-state index in [1.807, 2.05) is 66.9 Å². The predicted molar refractivity (Wildman–Crippen MR) is 116 cm³/mol. The molecule has 2 aromatic carbocycles. The van der Waals surface area contributed by atoms with Crippen molar-refractivity contribution in [2.24, 2.45) is 0 Å². The van der Waals surface area contributed by atoms with Crippen LogP contribution in [-0.4, -0.2) is 32.3 Å². The SMILES string of the molecule is O=C(Nc1cccc(C#Cc2cnn3cccnc23)c1)N1OCC[C@H]1c1ccccc1. The third kappa shape index (κ3) is 3.97. The zero-order valence-corrected chi connectivity index (χ0v) is 16.6. The Morgan fingerprint density at radius 1 is 1.10 bits per heavy atom. The number of anilines is 1. The minimum Gasteiger partial charge on any atom is -0.306 e. The molecule has 0 spiro atoms. The molecular weight excluding hydrogens is 390 g/mol. The summed E-state index contributed by atoms with van der Waals surface area (Å²) in [6.07, 6.45) is 5.99. The average molecular weight is 409 g/mol. The summed E-state index contributed by atoms with van der Waals surface area (Å²) in [5.74, 6) is 6.22. The third-order valence-electron chi connectivity index (χ3n) is 5.02. The Bertz CT molecular complexity index is 1290. The Labute approximate surface area is 179 Å². The Morgan fingerprint density at radius 2 is 2.00 bits per heavy atom. The molecule has 1 aliphatic heterocycles. The van der Waals surface area contributed by atoms with E-state index in [0.29, 0.717) is 17.9 Å². The Balaban J connectivity index is 1.32. The molecule has 2 amide bonds. The zero-order valence-electron chi connectivity index (χ0n) is 16.6. The number of nitrogens with zero attached hydrogens (tertiary/aromatic N) is 4. The van der Waals surface area contributed by atoms with Gasteiger partial charge in [0, 0.05) is 30.1 Å². The van der Waals surface area contributed by atoms with Crippen molar-refractivity contribution >= 4 is 17.4 Å². The quantitative estimate of drug-likeness (QED) is 0.507. The molecule has 1 N–H and O–H groups in total. The van der Waals surface area contributed by atoms with Crippen LogP contribution in [0.15, 0.2) is 79.3 Å². The molecule has 152 valence electrons. The maximum Gasteiger partial charge on any atom is 0.346 e. The highest BCUT2D eigenvalue weighted by Gasteiger charge is 2.31. The van der Waals surface area contributed by atoms with Crippen molar-refractivity contribution in [3.05, 3.63) is 95.9 Å². The van der Waals surface area contributed by atoms with Gasteiger partial charge in [0.05, 0.1) is 24.4 Å². The van der Waals surface area contributed by atoms with Crippen molar-refractivity contribution < 1.29 is 9.63 Å². The number of fused-ring (bicyclic) bond motifs is 1. The monoisotopic (exact) mass is 409 g/mol. The van der Waals surface area contributed by atoms with E-state index in [4.69, 9.17) is 4.84 Å². The largest absolute Gasteiger partial charge is 0.346 e. The van der Waals surface area contributed by atoms with Crippen molar-refractivity contribution in [3.8, 4) is 11.8 Å². The molecule has 1 fully saturated rings. The Hall–Kier alpha value is -4.15. The van der Waals surface area contributed by atoms with Crippen LogP contribution in [0, 0.1) is 11.8 Å². The second kappa shape index (κ2) is 8.30. The number of hydrogen-bond donors (Lipinski definition) is 1. The fraction of sp³-hybridized carbons (Fsp3) is 0.125. The van der Waals surface area contributed by atoms with Gasteiger partial charge in [0.2, 0.25) is 0 Å². The van der Waals surface area contributed by atoms with Crippen LogP contribution in [0.25, 0.3) is 5.65 Å². The molecule has 2 aromatic heterocycles. The Kier molecular flexibility index (Phi) is 5.05. The lowest BCUT2D eigenvalue weighted by atomic mass is 10.1. The molecular formula is C24H19N5O2. The summed E-state index contributed by atoms with van der Waals surface area (Å²) in [6, 6.07) is 18.7. The topological polar surface area (TPSA) is 71.8 Å². The standard InChI is InChI=1S/C24H19N5O2/c30-24(29-22(12-15-31-29)19-7-2-1-3-8-19)27-21-9-4-6-18(16-21)10-11-20-17-26-28-14-5-13-25-23(20)28/h1-9,13-14,16-17,22H,12,15H2,(H,27,30)/t22-/m0/s1. The first-order chi connectivity index (χ1) is 15.3. The molecule has 0 radical (unpaired) electrons. The van der Waals surface area contributed by atoms with Gasteiger partial charge in [0.15, 0.2) is 5.65 Å². The van der Waals surface area contributed by atoms with E-state index in [-0.39, 0.29) is 12.1 Å². The first-order valence-electron chi connectivity index (χ1n) is 9.96. The van der Waals surface area contributed by atoms with Crippen LogP contribution in [-0.2, 0) is 4.84 Å². The maximum absolute atomic E-state index is 12.8. The smallest absolute Gasteiger partial charge is 0.306 e. The van der Waals surface area contributed by atoms with Gasteiger partial charge in [0.25, 0.3) is 0 Å². The Morgan fingerprint density at radius 3 is 2.90 bits per heavy atom. The third-order valence-corrected chi connectivity index (χ3v) is 5.02. The van der Waals surface area contributed by atoms with Gasteiger partial charge in [-0.15, -0.1) is 0 Å². The summed E-state index contributed by atoms with van der Waals surface area (Å²) in [4.78, 5) is 22.7. The summed E-state index contributed by atoms with van der Waals surface area (Å²) >= 11 is 0. The summed E-state index contributed by atoms with van der Waals surface area (Å²) in [7, 11) is 0. The van der Waals surface area contributed by atoms with Gasteiger partial charge in [-0.25, -0.2) is 14.3 Å². The molecule has 4 aromatic rings. The minimum atomic E-state index is -0.303. The van der Waals surface area contributed by atoms with E-state index in [2.05, 4.69) is 27.2 Å². The molecule has 0 unspecified atom stereocenters. The summed E-state index contributed by atoms with van der Waals surface area (Å²) in [5.41, 5.74) is 3.92. The number of amides is 2. The number of carbonyl (C=O) groups is 1. The summed E-state index contributed by atoms with van der Waals surface area (Å²) < 4.78 is 1.68. The first kappa shape index (κ1) is 18.9. The highest BCUT2D eigenvalue weighted by atomic mass is 16.7. The van der Waals surface area contributed by atoms with Crippen LogP contribution < -0.4 is 5.32 Å². The van der Waals surface area contributed by atoms with Crippen LogP contribution in [0.5, 0.6) is 0 Å². The maximum atomic E-state index is 12.8. The van der Waals surface area contributed by atoms with E-state index in [1.165, 1.54) is 5.06 Å². The molecule has 7 nitrogen and oxygen atoms in total. The van der Waals surface area contributed by atoms with Crippen molar-refractivity contribution in [2.45, 2.75) is 12.5 Å². The molecule has 5 rings (SSSR count). The van der Waals surface area contributed by atoms with E-state index >= 15 is 0 Å². The molecule has 1 saturated heterocycles. The number of benzene rings is 2. The molecule has 7 heteroatoms. The van der Waals surface area contributed by atoms with Gasteiger partial charge < -0.3 is 5.32 Å². The highest BCUT2D eigenvalue weighted by molar-refractivity contribution is 5.89. The molecule has 0 aliphatic carbocycles. The number of hydrogen-bond acceptors (Lipinski definition) is 4. The number of hydroxylamine groups is 2. The molecule has 0 saturated carbocycles. The van der Waals surface area contributed by atoms with Crippen LogP contribution in [0.4, 0.5) is 10.5 Å². The van der Waals surface area contributed by atoms with E-state index in [1.54, 1.807) is 16.9 Å². The van der Waals surface area contributed by atoms with E-state index in [9.17, 15) is 4.79 Å². The number of carbonyl (C=O) groups excluding carboxylic acids is 1. The van der Waals surface area contributed by atoms with Crippen LogP contribution in [0.1, 0.15) is 29.2 Å². The number of urea groups is 1. The van der Waals surface area contributed by atoms with Gasteiger partial charge in [-0.2, -0.15) is 10.2 Å². The van der Waals surface area contributed by atoms with Crippen molar-refractivity contribution in [3.63, 3.8) is 0 Å².